The van der Waals surface area contributed by atoms with Crippen molar-refractivity contribution in [3.05, 3.63) is 89.1 Å². The fourth-order valence-corrected chi connectivity index (χ4v) is 4.95. The number of aliphatic carboxylic acids is 1. The van der Waals surface area contributed by atoms with Gasteiger partial charge in [-0.25, -0.2) is 4.68 Å². The summed E-state index contributed by atoms with van der Waals surface area (Å²) in [5, 5.41) is 22.8. The van der Waals surface area contributed by atoms with Crippen LogP contribution in [-0.4, -0.2) is 44.2 Å². The van der Waals surface area contributed by atoms with Gasteiger partial charge in [-0.15, -0.1) is 5.10 Å². The lowest BCUT2D eigenvalue weighted by molar-refractivity contribution is -0.139. The third-order valence-electron chi connectivity index (χ3n) is 6.59. The molecule has 0 saturated heterocycles. The highest BCUT2D eigenvalue weighted by Gasteiger charge is 2.34. The summed E-state index contributed by atoms with van der Waals surface area (Å²) in [5.41, 5.74) is 6.72. The zero-order valence-corrected chi connectivity index (χ0v) is 18.5. The quantitative estimate of drug-likeness (QED) is 0.375. The van der Waals surface area contributed by atoms with Gasteiger partial charge in [0.1, 0.15) is 17.3 Å². The van der Waals surface area contributed by atoms with Crippen LogP contribution < -0.4 is 10.1 Å². The fraction of sp³-hybridized carbons (Fsp3) is 0.192. The number of carboxylic acid groups (broad SMARTS) is 1. The van der Waals surface area contributed by atoms with E-state index in [4.69, 9.17) is 4.74 Å². The Morgan fingerprint density at radius 2 is 1.97 bits per heavy atom. The molecule has 6 rings (SSSR count). The lowest BCUT2D eigenvalue weighted by Crippen LogP contribution is -2.45. The third-order valence-corrected chi connectivity index (χ3v) is 6.59. The molecule has 0 radical (unpaired) electrons. The van der Waals surface area contributed by atoms with E-state index >= 15 is 0 Å². The summed E-state index contributed by atoms with van der Waals surface area (Å²) in [6, 6.07) is 20.9. The Labute approximate surface area is 195 Å². The maximum atomic E-state index is 12.0. The molecule has 0 saturated carbocycles. The van der Waals surface area contributed by atoms with Crippen LogP contribution in [0.3, 0.4) is 0 Å². The van der Waals surface area contributed by atoms with Crippen molar-refractivity contribution in [2.75, 3.05) is 7.11 Å². The molecule has 0 spiro atoms. The standard InChI is InChI=1S/C26H23N5O3/c1-34-23-11-10-15(12-16(23)14-31-22-9-5-4-8-20(22)29-30-31)24-25-18(13-21(28-24)26(32)33)17-6-2-3-7-19(17)27-25/h2-12,21,24,27-28H,13-14H2,1H3,(H,32,33). The third kappa shape index (κ3) is 3.31. The summed E-state index contributed by atoms with van der Waals surface area (Å²) >= 11 is 0. The number of nitrogens with zero attached hydrogens (tertiary/aromatic N) is 3. The van der Waals surface area contributed by atoms with Crippen molar-refractivity contribution in [1.29, 1.82) is 0 Å². The van der Waals surface area contributed by atoms with E-state index in [1.165, 1.54) is 0 Å². The predicted molar refractivity (Wildman–Crippen MR) is 128 cm³/mol. The van der Waals surface area contributed by atoms with Crippen LogP contribution in [0.1, 0.15) is 28.4 Å². The van der Waals surface area contributed by atoms with E-state index in [-0.39, 0.29) is 6.04 Å². The van der Waals surface area contributed by atoms with Crippen molar-refractivity contribution in [2.24, 2.45) is 0 Å². The molecule has 0 aliphatic carbocycles. The Bertz CT molecular complexity index is 1540. The van der Waals surface area contributed by atoms with Gasteiger partial charge in [0.15, 0.2) is 0 Å². The molecule has 1 aliphatic rings. The number of nitrogens with one attached hydrogen (secondary N) is 2. The van der Waals surface area contributed by atoms with E-state index in [1.807, 2.05) is 65.3 Å². The number of H-pyrrole nitrogens is 1. The molecule has 0 bridgehead atoms. The first-order chi connectivity index (χ1) is 16.6. The van der Waals surface area contributed by atoms with Gasteiger partial charge in [-0.2, -0.15) is 0 Å². The van der Waals surface area contributed by atoms with Gasteiger partial charge in [0, 0.05) is 28.6 Å². The summed E-state index contributed by atoms with van der Waals surface area (Å²) in [4.78, 5) is 15.5. The number of carboxylic acids is 1. The molecule has 170 valence electrons. The molecule has 2 atom stereocenters. The minimum Gasteiger partial charge on any atom is -0.496 e. The number of ether oxygens (including phenoxy) is 1. The van der Waals surface area contributed by atoms with Crippen molar-refractivity contribution in [1.82, 2.24) is 25.3 Å². The minimum atomic E-state index is -0.858. The molecule has 34 heavy (non-hydrogen) atoms. The van der Waals surface area contributed by atoms with E-state index in [1.54, 1.807) is 7.11 Å². The zero-order valence-electron chi connectivity index (χ0n) is 18.5. The van der Waals surface area contributed by atoms with Crippen LogP contribution in [0.15, 0.2) is 66.7 Å². The highest BCUT2D eigenvalue weighted by Crippen LogP contribution is 2.36. The van der Waals surface area contributed by atoms with Gasteiger partial charge in [0.05, 0.1) is 25.2 Å². The Morgan fingerprint density at radius 1 is 1.15 bits per heavy atom. The Hall–Kier alpha value is -4.17. The topological polar surface area (TPSA) is 105 Å². The highest BCUT2D eigenvalue weighted by atomic mass is 16.5. The number of aromatic nitrogens is 4. The first-order valence-corrected chi connectivity index (χ1v) is 11.2. The number of hydrogen-bond donors (Lipinski definition) is 3. The van der Waals surface area contributed by atoms with Crippen molar-refractivity contribution >= 4 is 27.9 Å². The zero-order chi connectivity index (χ0) is 23.2. The summed E-state index contributed by atoms with van der Waals surface area (Å²) in [6.45, 7) is 0.478. The lowest BCUT2D eigenvalue weighted by atomic mass is 9.89. The predicted octanol–water partition coefficient (Wildman–Crippen LogP) is 3.66. The van der Waals surface area contributed by atoms with E-state index < -0.39 is 12.0 Å². The average Bonchev–Trinajstić information content (AvgIpc) is 3.45. The Balaban J connectivity index is 1.45. The smallest absolute Gasteiger partial charge is 0.321 e. The van der Waals surface area contributed by atoms with Gasteiger partial charge in [-0.1, -0.05) is 41.6 Å². The second kappa shape index (κ2) is 8.00. The van der Waals surface area contributed by atoms with Crippen LogP contribution in [0.2, 0.25) is 0 Å². The van der Waals surface area contributed by atoms with Crippen LogP contribution in [-0.2, 0) is 17.8 Å². The molecule has 2 unspecified atom stereocenters. The first-order valence-electron chi connectivity index (χ1n) is 11.2. The monoisotopic (exact) mass is 453 g/mol. The second-order valence-corrected chi connectivity index (χ2v) is 8.56. The molecule has 3 aromatic carbocycles. The molecule has 5 aromatic rings. The molecule has 3 heterocycles. The van der Waals surface area contributed by atoms with Gasteiger partial charge < -0.3 is 14.8 Å². The van der Waals surface area contributed by atoms with E-state index in [9.17, 15) is 9.90 Å². The Morgan fingerprint density at radius 3 is 2.82 bits per heavy atom. The van der Waals surface area contributed by atoms with E-state index in [2.05, 4.69) is 26.7 Å². The fourth-order valence-electron chi connectivity index (χ4n) is 4.95. The first kappa shape index (κ1) is 20.4. The average molecular weight is 454 g/mol. The molecule has 0 amide bonds. The second-order valence-electron chi connectivity index (χ2n) is 8.56. The molecule has 8 heteroatoms. The van der Waals surface area contributed by atoms with Crippen molar-refractivity contribution in [3.63, 3.8) is 0 Å². The number of methoxy groups -OCH3 is 1. The number of carbonyl (C=O) groups is 1. The van der Waals surface area contributed by atoms with Crippen LogP contribution >= 0.6 is 0 Å². The largest absolute Gasteiger partial charge is 0.496 e. The van der Waals surface area contributed by atoms with E-state index in [0.29, 0.717) is 13.0 Å². The summed E-state index contributed by atoms with van der Waals surface area (Å²) < 4.78 is 7.49. The SMILES string of the molecule is COc1ccc(C2NC(C(=O)O)Cc3c2[nH]c2ccccc32)cc1Cn1nnc2ccccc21. The van der Waals surface area contributed by atoms with Gasteiger partial charge in [0.25, 0.3) is 0 Å². The lowest BCUT2D eigenvalue weighted by Gasteiger charge is -2.30. The molecule has 1 aliphatic heterocycles. The Kier molecular flexibility index (Phi) is 4.81. The summed E-state index contributed by atoms with van der Waals surface area (Å²) in [7, 11) is 1.65. The summed E-state index contributed by atoms with van der Waals surface area (Å²) in [6.07, 6.45) is 0.430. The van der Waals surface area contributed by atoms with Crippen molar-refractivity contribution in [3.8, 4) is 5.75 Å². The molecule has 0 fully saturated rings. The van der Waals surface area contributed by atoms with Crippen molar-refractivity contribution in [2.45, 2.75) is 25.0 Å². The van der Waals surface area contributed by atoms with Crippen molar-refractivity contribution < 1.29 is 14.6 Å². The molecule has 3 N–H and O–H groups in total. The number of rotatable bonds is 5. The van der Waals surface area contributed by atoms with E-state index in [0.717, 1.165) is 50.1 Å². The summed E-state index contributed by atoms with van der Waals surface area (Å²) in [5.74, 6) is -0.116. The number of aromatic amines is 1. The number of hydrogen-bond acceptors (Lipinski definition) is 5. The molecular weight excluding hydrogens is 430 g/mol. The number of benzene rings is 3. The van der Waals surface area contributed by atoms with Crippen LogP contribution in [0, 0.1) is 0 Å². The van der Waals surface area contributed by atoms with Gasteiger partial charge in [-0.05, 0) is 41.5 Å². The molecule has 8 nitrogen and oxygen atoms in total. The maximum absolute atomic E-state index is 12.0. The molecule has 2 aromatic heterocycles. The highest BCUT2D eigenvalue weighted by molar-refractivity contribution is 5.87. The van der Waals surface area contributed by atoms with Gasteiger partial charge in [-0.3, -0.25) is 10.1 Å². The van der Waals surface area contributed by atoms with Gasteiger partial charge >= 0.3 is 5.97 Å². The van der Waals surface area contributed by atoms with Crippen LogP contribution in [0.5, 0.6) is 5.75 Å². The van der Waals surface area contributed by atoms with Crippen LogP contribution in [0.25, 0.3) is 21.9 Å². The maximum Gasteiger partial charge on any atom is 0.321 e. The number of fused-ring (bicyclic) bond motifs is 4. The normalized spacial score (nSPS) is 17.7. The molecular formula is C26H23N5O3. The minimum absolute atomic E-state index is 0.297. The van der Waals surface area contributed by atoms with Crippen LogP contribution in [0.4, 0.5) is 0 Å². The number of para-hydroxylation sites is 2. The van der Waals surface area contributed by atoms with Gasteiger partial charge in [0.2, 0.25) is 0 Å².